The van der Waals surface area contributed by atoms with Crippen LogP contribution in [0.15, 0.2) is 24.3 Å². The average Bonchev–Trinajstić information content (AvgIpc) is 2.69. The Morgan fingerprint density at radius 3 is 2.25 bits per heavy atom. The molecule has 5 heteroatoms. The third kappa shape index (κ3) is 12.1. The number of para-hydroxylation sites is 1. The normalized spacial score (nSPS) is 10.1. The van der Waals surface area contributed by atoms with Crippen molar-refractivity contribution in [2.75, 3.05) is 6.61 Å². The lowest BCUT2D eigenvalue weighted by Crippen LogP contribution is -2.13. The van der Waals surface area contributed by atoms with E-state index >= 15 is 0 Å². The zero-order valence-electron chi connectivity index (χ0n) is 16.8. The Hall–Kier alpha value is -2.35. The van der Waals surface area contributed by atoms with Crippen LogP contribution in [-0.2, 0) is 14.3 Å². The number of ether oxygens (including phenoxy) is 2. The molecule has 0 amide bonds. The highest BCUT2D eigenvalue weighted by molar-refractivity contribution is 5.79. The van der Waals surface area contributed by atoms with E-state index in [1.54, 1.807) is 6.07 Å². The van der Waals surface area contributed by atoms with E-state index in [-0.39, 0.29) is 25.2 Å². The maximum atomic E-state index is 13.4. The van der Waals surface area contributed by atoms with Crippen molar-refractivity contribution in [3.05, 3.63) is 30.1 Å². The van der Waals surface area contributed by atoms with Crippen molar-refractivity contribution in [2.24, 2.45) is 0 Å². The van der Waals surface area contributed by atoms with E-state index in [1.807, 2.05) is 0 Å². The number of carbonyl (C=O) groups excluding carboxylic acids is 2. The van der Waals surface area contributed by atoms with Crippen molar-refractivity contribution >= 4 is 11.9 Å². The number of hydrogen-bond acceptors (Lipinski definition) is 4. The molecular formula is C23H31FO4. The maximum absolute atomic E-state index is 13.4. The molecule has 0 bridgehead atoms. The van der Waals surface area contributed by atoms with Crippen molar-refractivity contribution in [1.29, 1.82) is 0 Å². The van der Waals surface area contributed by atoms with Crippen LogP contribution in [0.5, 0.6) is 5.75 Å². The van der Waals surface area contributed by atoms with Gasteiger partial charge in [-0.25, -0.2) is 4.39 Å². The summed E-state index contributed by atoms with van der Waals surface area (Å²) in [6.45, 7) is 2.25. The molecule has 0 unspecified atom stereocenters. The summed E-state index contributed by atoms with van der Waals surface area (Å²) in [5.74, 6) is 3.84. The number of esters is 2. The Morgan fingerprint density at radius 1 is 0.893 bits per heavy atom. The number of hydrogen-bond donors (Lipinski definition) is 0. The van der Waals surface area contributed by atoms with Gasteiger partial charge >= 0.3 is 11.9 Å². The van der Waals surface area contributed by atoms with Gasteiger partial charge < -0.3 is 9.47 Å². The molecule has 0 N–H and O–H groups in total. The monoisotopic (exact) mass is 390 g/mol. The zero-order valence-corrected chi connectivity index (χ0v) is 16.8. The lowest BCUT2D eigenvalue weighted by atomic mass is 10.1. The van der Waals surface area contributed by atoms with E-state index in [4.69, 9.17) is 9.47 Å². The quantitative estimate of drug-likeness (QED) is 0.191. The first kappa shape index (κ1) is 23.7. The van der Waals surface area contributed by atoms with E-state index < -0.39 is 17.8 Å². The maximum Gasteiger partial charge on any atom is 0.311 e. The van der Waals surface area contributed by atoms with Gasteiger partial charge in [-0.05, 0) is 18.6 Å². The molecule has 4 nitrogen and oxygen atoms in total. The largest absolute Gasteiger partial charge is 0.452 e. The van der Waals surface area contributed by atoms with Crippen molar-refractivity contribution in [3.63, 3.8) is 0 Å². The minimum absolute atomic E-state index is 0.0260. The number of halogens is 1. The number of unbranched alkanes of at least 4 members (excludes halogenated alkanes) is 8. The van der Waals surface area contributed by atoms with Gasteiger partial charge in [0.25, 0.3) is 0 Å². The Labute approximate surface area is 167 Å². The first-order chi connectivity index (χ1) is 13.6. The Kier molecular flexibility index (Phi) is 13.3. The van der Waals surface area contributed by atoms with Gasteiger partial charge in [-0.2, -0.15) is 0 Å². The Balaban J connectivity index is 2.01. The van der Waals surface area contributed by atoms with Crippen molar-refractivity contribution in [2.45, 2.75) is 77.6 Å². The Morgan fingerprint density at radius 2 is 1.54 bits per heavy atom. The van der Waals surface area contributed by atoms with E-state index in [9.17, 15) is 14.0 Å². The second-order valence-electron chi connectivity index (χ2n) is 6.64. The number of benzene rings is 1. The van der Waals surface area contributed by atoms with Crippen LogP contribution in [0.2, 0.25) is 0 Å². The van der Waals surface area contributed by atoms with Crippen LogP contribution in [0.4, 0.5) is 4.39 Å². The molecule has 1 rings (SSSR count). The second-order valence-corrected chi connectivity index (χ2v) is 6.64. The fraction of sp³-hybridized carbons (Fsp3) is 0.565. The SMILES string of the molecule is CCCCCCCCCCC#CCOC(=O)CCC(=O)Oc1ccccc1F. The average molecular weight is 390 g/mol. The summed E-state index contributed by atoms with van der Waals surface area (Å²) in [6, 6.07) is 5.61. The third-order valence-electron chi connectivity index (χ3n) is 4.18. The number of rotatable bonds is 13. The van der Waals surface area contributed by atoms with Crippen LogP contribution in [0.25, 0.3) is 0 Å². The van der Waals surface area contributed by atoms with E-state index in [0.29, 0.717) is 0 Å². The molecule has 0 aliphatic heterocycles. The second kappa shape index (κ2) is 15.7. The summed E-state index contributed by atoms with van der Waals surface area (Å²) in [7, 11) is 0. The smallest absolute Gasteiger partial charge is 0.311 e. The molecule has 0 atom stereocenters. The highest BCUT2D eigenvalue weighted by atomic mass is 19.1. The lowest BCUT2D eigenvalue weighted by molar-refractivity contribution is -0.145. The topological polar surface area (TPSA) is 52.6 Å². The molecule has 0 saturated carbocycles. The van der Waals surface area contributed by atoms with Gasteiger partial charge in [0.2, 0.25) is 0 Å². The molecule has 0 aliphatic rings. The predicted molar refractivity (Wildman–Crippen MR) is 107 cm³/mol. The molecule has 154 valence electrons. The molecule has 0 aromatic heterocycles. The van der Waals surface area contributed by atoms with Crippen LogP contribution < -0.4 is 4.74 Å². The molecule has 0 saturated heterocycles. The summed E-state index contributed by atoms with van der Waals surface area (Å²) in [6.07, 6.45) is 10.6. The molecule has 0 spiro atoms. The van der Waals surface area contributed by atoms with Crippen LogP contribution in [0, 0.1) is 17.7 Å². The van der Waals surface area contributed by atoms with Gasteiger partial charge in [0, 0.05) is 6.42 Å². The molecule has 0 aliphatic carbocycles. The predicted octanol–water partition coefficient (Wildman–Crippen LogP) is 5.59. The summed E-state index contributed by atoms with van der Waals surface area (Å²) in [4.78, 5) is 23.2. The van der Waals surface area contributed by atoms with Gasteiger partial charge in [-0.1, -0.05) is 75.8 Å². The van der Waals surface area contributed by atoms with Crippen molar-refractivity contribution < 1.29 is 23.5 Å². The van der Waals surface area contributed by atoms with Crippen LogP contribution in [0.3, 0.4) is 0 Å². The van der Waals surface area contributed by atoms with Gasteiger partial charge in [-0.15, -0.1) is 0 Å². The standard InChI is InChI=1S/C23H31FO4/c1-2-3-4-5-6-7-8-9-10-11-14-19-27-22(25)17-18-23(26)28-21-16-13-12-15-20(21)24/h12-13,15-16H,2-10,17-19H2,1H3. The molecule has 1 aromatic rings. The van der Waals surface area contributed by atoms with Gasteiger partial charge in [0.05, 0.1) is 12.8 Å². The Bertz CT molecular complexity index is 645. The zero-order chi connectivity index (χ0) is 20.5. The summed E-state index contributed by atoms with van der Waals surface area (Å²) >= 11 is 0. The summed E-state index contributed by atoms with van der Waals surface area (Å²) in [5.41, 5.74) is 0. The summed E-state index contributed by atoms with van der Waals surface area (Å²) < 4.78 is 23.2. The fourth-order valence-electron chi connectivity index (χ4n) is 2.58. The fourth-order valence-corrected chi connectivity index (χ4v) is 2.58. The van der Waals surface area contributed by atoms with Crippen molar-refractivity contribution in [1.82, 2.24) is 0 Å². The van der Waals surface area contributed by atoms with Crippen LogP contribution >= 0.6 is 0 Å². The highest BCUT2D eigenvalue weighted by Gasteiger charge is 2.11. The van der Waals surface area contributed by atoms with Gasteiger partial charge in [-0.3, -0.25) is 9.59 Å². The van der Waals surface area contributed by atoms with Crippen LogP contribution in [-0.4, -0.2) is 18.5 Å². The van der Waals surface area contributed by atoms with Gasteiger partial charge in [0.15, 0.2) is 18.2 Å². The molecule has 0 fully saturated rings. The summed E-state index contributed by atoms with van der Waals surface area (Å²) in [5, 5.41) is 0. The molecule has 0 heterocycles. The minimum atomic E-state index is -0.678. The highest BCUT2D eigenvalue weighted by Crippen LogP contribution is 2.16. The van der Waals surface area contributed by atoms with Crippen molar-refractivity contribution in [3.8, 4) is 17.6 Å². The van der Waals surface area contributed by atoms with Crippen LogP contribution in [0.1, 0.15) is 77.6 Å². The minimum Gasteiger partial charge on any atom is -0.452 e. The number of carbonyl (C=O) groups is 2. The molecule has 1 aromatic carbocycles. The van der Waals surface area contributed by atoms with E-state index in [1.165, 1.54) is 63.1 Å². The first-order valence-electron chi connectivity index (χ1n) is 10.2. The molecule has 28 heavy (non-hydrogen) atoms. The van der Waals surface area contributed by atoms with Gasteiger partial charge in [0.1, 0.15) is 0 Å². The van der Waals surface area contributed by atoms with E-state index in [0.717, 1.165) is 12.8 Å². The lowest BCUT2D eigenvalue weighted by Gasteiger charge is -2.04. The third-order valence-corrected chi connectivity index (χ3v) is 4.18. The molecular weight excluding hydrogens is 359 g/mol. The first-order valence-corrected chi connectivity index (χ1v) is 10.2. The molecule has 0 radical (unpaired) electrons. The van der Waals surface area contributed by atoms with E-state index in [2.05, 4.69) is 18.8 Å².